The van der Waals surface area contributed by atoms with E-state index < -0.39 is 0 Å². The van der Waals surface area contributed by atoms with Crippen LogP contribution in [0.25, 0.3) is 0 Å². The van der Waals surface area contributed by atoms with Gasteiger partial charge < -0.3 is 10.6 Å². The molecule has 21 heavy (non-hydrogen) atoms. The predicted molar refractivity (Wildman–Crippen MR) is 90.0 cm³/mol. The van der Waals surface area contributed by atoms with Gasteiger partial charge in [0.2, 0.25) is 5.91 Å². The highest BCUT2D eigenvalue weighted by Crippen LogP contribution is 2.23. The molecular formula is C17H24N2OS. The fraction of sp³-hybridized carbons (Fsp3) is 0.529. The molecule has 2 rings (SSSR count). The SMILES string of the molecule is CCCC1CCC(=O)N(Cc2cccc(C(N)=S)c2)CC1. The minimum absolute atomic E-state index is 0.273. The topological polar surface area (TPSA) is 46.3 Å². The number of thiocarbonyl (C=S) groups is 1. The standard InChI is InChI=1S/C17H24N2OS/c1-2-4-13-7-8-16(20)19(10-9-13)12-14-5-3-6-15(11-14)17(18)21/h3,5-6,11,13H,2,4,7-10,12H2,1H3,(H2,18,21). The number of nitrogens with two attached hydrogens (primary N) is 1. The van der Waals surface area contributed by atoms with Gasteiger partial charge in [-0.2, -0.15) is 0 Å². The third-order valence-corrected chi connectivity index (χ3v) is 4.44. The number of amides is 1. The van der Waals surface area contributed by atoms with Crippen molar-refractivity contribution in [2.24, 2.45) is 11.7 Å². The third kappa shape index (κ3) is 4.53. The Labute approximate surface area is 132 Å². The molecule has 1 unspecified atom stereocenters. The Bertz CT molecular complexity index is 515. The molecule has 114 valence electrons. The maximum absolute atomic E-state index is 12.3. The molecule has 0 bridgehead atoms. The van der Waals surface area contributed by atoms with Gasteiger partial charge in [0.05, 0.1) is 0 Å². The maximum atomic E-state index is 12.3. The lowest BCUT2D eigenvalue weighted by Gasteiger charge is -2.21. The van der Waals surface area contributed by atoms with Crippen LogP contribution in [0, 0.1) is 5.92 Å². The molecule has 0 aromatic heterocycles. The zero-order chi connectivity index (χ0) is 15.2. The van der Waals surface area contributed by atoms with Gasteiger partial charge in [-0.15, -0.1) is 0 Å². The molecule has 1 aliphatic heterocycles. The zero-order valence-corrected chi connectivity index (χ0v) is 13.5. The lowest BCUT2D eigenvalue weighted by molar-refractivity contribution is -0.131. The first-order chi connectivity index (χ1) is 10.1. The molecule has 1 atom stereocenters. The van der Waals surface area contributed by atoms with Crippen LogP contribution in [0.4, 0.5) is 0 Å². The van der Waals surface area contributed by atoms with E-state index >= 15 is 0 Å². The summed E-state index contributed by atoms with van der Waals surface area (Å²) in [5.74, 6) is 0.973. The monoisotopic (exact) mass is 304 g/mol. The number of carbonyl (C=O) groups is 1. The molecular weight excluding hydrogens is 280 g/mol. The first kappa shape index (κ1) is 16.0. The average molecular weight is 304 g/mol. The summed E-state index contributed by atoms with van der Waals surface area (Å²) in [4.78, 5) is 14.6. The quantitative estimate of drug-likeness (QED) is 0.849. The van der Waals surface area contributed by atoms with Gasteiger partial charge in [0.1, 0.15) is 4.99 Å². The van der Waals surface area contributed by atoms with Crippen LogP contribution in [0.1, 0.15) is 50.2 Å². The van der Waals surface area contributed by atoms with Gasteiger partial charge >= 0.3 is 0 Å². The molecule has 1 amide bonds. The van der Waals surface area contributed by atoms with Crippen molar-refractivity contribution in [1.29, 1.82) is 0 Å². The summed E-state index contributed by atoms with van der Waals surface area (Å²) < 4.78 is 0. The van der Waals surface area contributed by atoms with Gasteiger partial charge in [-0.05, 0) is 30.4 Å². The average Bonchev–Trinajstić information content (AvgIpc) is 2.64. The summed E-state index contributed by atoms with van der Waals surface area (Å²) in [6, 6.07) is 7.88. The summed E-state index contributed by atoms with van der Waals surface area (Å²) in [5.41, 5.74) is 7.64. The Balaban J connectivity index is 2.02. The van der Waals surface area contributed by atoms with E-state index in [-0.39, 0.29) is 5.91 Å². The Hall–Kier alpha value is -1.42. The van der Waals surface area contributed by atoms with Crippen molar-refractivity contribution < 1.29 is 4.79 Å². The van der Waals surface area contributed by atoms with Crippen LogP contribution in [0.2, 0.25) is 0 Å². The molecule has 1 aromatic rings. The normalized spacial score (nSPS) is 19.4. The fourth-order valence-electron chi connectivity index (χ4n) is 3.00. The second-order valence-electron chi connectivity index (χ2n) is 5.86. The predicted octanol–water partition coefficient (Wildman–Crippen LogP) is 3.25. The van der Waals surface area contributed by atoms with E-state index in [2.05, 4.69) is 6.92 Å². The number of hydrogen-bond acceptors (Lipinski definition) is 2. The van der Waals surface area contributed by atoms with E-state index in [1.807, 2.05) is 29.2 Å². The molecule has 1 aromatic carbocycles. The second kappa shape index (κ2) is 7.55. The van der Waals surface area contributed by atoms with Crippen molar-refractivity contribution in [2.75, 3.05) is 6.54 Å². The number of rotatable bonds is 5. The molecule has 1 heterocycles. The molecule has 2 N–H and O–H groups in total. The summed E-state index contributed by atoms with van der Waals surface area (Å²) >= 11 is 5.01. The van der Waals surface area contributed by atoms with Crippen molar-refractivity contribution in [2.45, 2.75) is 45.6 Å². The van der Waals surface area contributed by atoms with Crippen LogP contribution in [0.5, 0.6) is 0 Å². The number of likely N-dealkylation sites (tertiary alicyclic amines) is 1. The van der Waals surface area contributed by atoms with Crippen LogP contribution in [-0.2, 0) is 11.3 Å². The van der Waals surface area contributed by atoms with Gasteiger partial charge in [0.15, 0.2) is 0 Å². The molecule has 1 fully saturated rings. The Kier molecular flexibility index (Phi) is 5.74. The number of benzene rings is 1. The van der Waals surface area contributed by atoms with E-state index in [0.717, 1.165) is 30.5 Å². The summed E-state index contributed by atoms with van der Waals surface area (Å²) in [6.45, 7) is 3.74. The Morgan fingerprint density at radius 2 is 2.24 bits per heavy atom. The molecule has 3 nitrogen and oxygen atoms in total. The van der Waals surface area contributed by atoms with E-state index in [1.54, 1.807) is 0 Å². The largest absolute Gasteiger partial charge is 0.389 e. The van der Waals surface area contributed by atoms with E-state index in [9.17, 15) is 4.79 Å². The van der Waals surface area contributed by atoms with Gasteiger partial charge in [0, 0.05) is 25.1 Å². The summed E-state index contributed by atoms with van der Waals surface area (Å²) in [7, 11) is 0. The summed E-state index contributed by atoms with van der Waals surface area (Å²) in [6.07, 6.45) is 5.28. The lowest BCUT2D eigenvalue weighted by atomic mass is 9.96. The number of carbonyl (C=O) groups excluding carboxylic acids is 1. The van der Waals surface area contributed by atoms with Crippen molar-refractivity contribution in [3.8, 4) is 0 Å². The fourth-order valence-corrected chi connectivity index (χ4v) is 3.13. The van der Waals surface area contributed by atoms with Crippen molar-refractivity contribution in [3.05, 3.63) is 35.4 Å². The molecule has 0 radical (unpaired) electrons. The van der Waals surface area contributed by atoms with E-state index in [4.69, 9.17) is 18.0 Å². The van der Waals surface area contributed by atoms with Crippen LogP contribution < -0.4 is 5.73 Å². The third-order valence-electron chi connectivity index (χ3n) is 4.21. The van der Waals surface area contributed by atoms with Crippen LogP contribution in [-0.4, -0.2) is 22.3 Å². The van der Waals surface area contributed by atoms with Crippen molar-refractivity contribution >= 4 is 23.1 Å². The Morgan fingerprint density at radius 3 is 2.95 bits per heavy atom. The molecule has 4 heteroatoms. The van der Waals surface area contributed by atoms with Crippen molar-refractivity contribution in [1.82, 2.24) is 4.90 Å². The van der Waals surface area contributed by atoms with Gasteiger partial charge in [-0.3, -0.25) is 4.79 Å². The highest BCUT2D eigenvalue weighted by atomic mass is 32.1. The minimum Gasteiger partial charge on any atom is -0.389 e. The Morgan fingerprint density at radius 1 is 1.43 bits per heavy atom. The smallest absolute Gasteiger partial charge is 0.222 e. The number of nitrogens with zero attached hydrogens (tertiary/aromatic N) is 1. The van der Waals surface area contributed by atoms with Crippen LogP contribution >= 0.6 is 12.2 Å². The lowest BCUT2D eigenvalue weighted by Crippen LogP contribution is -2.29. The highest BCUT2D eigenvalue weighted by molar-refractivity contribution is 7.80. The molecule has 0 saturated carbocycles. The first-order valence-corrected chi connectivity index (χ1v) is 8.17. The van der Waals surface area contributed by atoms with E-state index in [0.29, 0.717) is 23.9 Å². The summed E-state index contributed by atoms with van der Waals surface area (Å²) in [5, 5.41) is 0. The van der Waals surface area contributed by atoms with E-state index in [1.165, 1.54) is 12.8 Å². The molecule has 0 aliphatic carbocycles. The second-order valence-corrected chi connectivity index (χ2v) is 6.30. The molecule has 0 spiro atoms. The highest BCUT2D eigenvalue weighted by Gasteiger charge is 2.22. The van der Waals surface area contributed by atoms with Gasteiger partial charge in [-0.1, -0.05) is 50.2 Å². The molecule has 1 aliphatic rings. The first-order valence-electron chi connectivity index (χ1n) is 7.76. The van der Waals surface area contributed by atoms with Crippen LogP contribution in [0.15, 0.2) is 24.3 Å². The van der Waals surface area contributed by atoms with Gasteiger partial charge in [-0.25, -0.2) is 0 Å². The molecule has 1 saturated heterocycles. The van der Waals surface area contributed by atoms with Crippen LogP contribution in [0.3, 0.4) is 0 Å². The number of hydrogen-bond donors (Lipinski definition) is 1. The van der Waals surface area contributed by atoms with Crippen molar-refractivity contribution in [3.63, 3.8) is 0 Å². The zero-order valence-electron chi connectivity index (χ0n) is 12.7. The van der Waals surface area contributed by atoms with Gasteiger partial charge in [0.25, 0.3) is 0 Å². The maximum Gasteiger partial charge on any atom is 0.222 e. The minimum atomic E-state index is 0.273.